The zero-order valence-electron chi connectivity index (χ0n) is 13.7. The Balaban J connectivity index is 0. The summed E-state index contributed by atoms with van der Waals surface area (Å²) in [6, 6.07) is 18.4. The van der Waals surface area contributed by atoms with E-state index in [1.54, 1.807) is 0 Å². The van der Waals surface area contributed by atoms with Crippen LogP contribution in [0.25, 0.3) is 12.2 Å². The van der Waals surface area contributed by atoms with Gasteiger partial charge in [-0.3, -0.25) is 0 Å². The van der Waals surface area contributed by atoms with Gasteiger partial charge in [0.05, 0.1) is 11.9 Å². The number of rotatable bonds is 4. The van der Waals surface area contributed by atoms with Gasteiger partial charge in [0.15, 0.2) is 0 Å². The van der Waals surface area contributed by atoms with Gasteiger partial charge in [-0.05, 0) is 23.3 Å². The van der Waals surface area contributed by atoms with Gasteiger partial charge in [-0.1, -0.05) is 72.8 Å². The average molecular weight is 356 g/mol. The molecule has 2 aromatic carbocycles. The molecule has 6 heteroatoms. The predicted molar refractivity (Wildman–Crippen MR) is 81.0 cm³/mol. The van der Waals surface area contributed by atoms with Crippen LogP contribution in [0.3, 0.4) is 0 Å². The van der Waals surface area contributed by atoms with Crippen molar-refractivity contribution < 1.29 is 101 Å². The third-order valence-electron chi connectivity index (χ3n) is 2.42. The minimum Gasteiger partial charge on any atom is -0.545 e. The fraction of sp³-hybridized carbons (Fsp3) is 0. The zero-order chi connectivity index (χ0) is 16.2. The fourth-order valence-electron chi connectivity index (χ4n) is 1.46. The molecule has 0 aliphatic carbocycles. The maximum atomic E-state index is 9.97. The van der Waals surface area contributed by atoms with E-state index >= 15 is 0 Å². The molecule has 0 N–H and O–H groups in total. The van der Waals surface area contributed by atoms with Crippen molar-refractivity contribution in [3.8, 4) is 0 Å². The Morgan fingerprint density at radius 3 is 1.21 bits per heavy atom. The van der Waals surface area contributed by atoms with Gasteiger partial charge in [0, 0.05) is 0 Å². The molecular weight excluding hydrogens is 342 g/mol. The van der Waals surface area contributed by atoms with Crippen molar-refractivity contribution >= 4 is 24.1 Å². The summed E-state index contributed by atoms with van der Waals surface area (Å²) in [5.41, 5.74) is 1.72. The average Bonchev–Trinajstić information content (AvgIpc) is 2.53. The van der Waals surface area contributed by atoms with E-state index < -0.39 is 11.9 Å². The monoisotopic (exact) mass is 356 g/mol. The van der Waals surface area contributed by atoms with Gasteiger partial charge >= 0.3 is 80.9 Å². The summed E-state index contributed by atoms with van der Waals surface area (Å²) in [6.07, 6.45) is 5.01. The summed E-state index contributed by atoms with van der Waals surface area (Å²) in [6.45, 7) is 0. The van der Waals surface area contributed by atoms with Crippen LogP contribution in [-0.2, 0) is 9.59 Å². The zero-order valence-corrected chi connectivity index (χ0v) is 18.8. The standard InChI is InChI=1S/2C9H8O2.K.Na/c2*10-9(11)7-6-8-4-2-1-3-5-8;;/h2*1-7H,(H,10,11);;/q;;2*+1/p-2. The predicted octanol–water partition coefficient (Wildman–Crippen LogP) is -5.09. The normalized spacial score (nSPS) is 9.33. The van der Waals surface area contributed by atoms with E-state index in [0.29, 0.717) is 0 Å². The van der Waals surface area contributed by atoms with Gasteiger partial charge < -0.3 is 19.8 Å². The summed E-state index contributed by atoms with van der Waals surface area (Å²) < 4.78 is 0. The van der Waals surface area contributed by atoms with Crippen molar-refractivity contribution in [2.75, 3.05) is 0 Å². The SMILES string of the molecule is O=C([O-])C=Cc1ccccc1.O=C([O-])C=Cc1ccccc1.[K+].[Na+]. The van der Waals surface area contributed by atoms with Crippen molar-refractivity contribution in [3.05, 3.63) is 83.9 Å². The summed E-state index contributed by atoms with van der Waals surface area (Å²) in [5.74, 6) is -2.34. The Morgan fingerprint density at radius 1 is 0.667 bits per heavy atom. The topological polar surface area (TPSA) is 80.3 Å². The smallest absolute Gasteiger partial charge is 0.545 e. The first-order valence-electron chi connectivity index (χ1n) is 6.46. The Morgan fingerprint density at radius 2 is 0.958 bits per heavy atom. The van der Waals surface area contributed by atoms with E-state index in [4.69, 9.17) is 0 Å². The number of carboxylic acids is 2. The molecule has 4 nitrogen and oxygen atoms in total. The quantitative estimate of drug-likeness (QED) is 0.406. The van der Waals surface area contributed by atoms with Gasteiger partial charge in [0.1, 0.15) is 0 Å². The third kappa shape index (κ3) is 13.9. The minimum atomic E-state index is -1.17. The molecule has 0 bridgehead atoms. The van der Waals surface area contributed by atoms with Crippen molar-refractivity contribution in [1.29, 1.82) is 0 Å². The van der Waals surface area contributed by atoms with Crippen LogP contribution in [-0.4, -0.2) is 11.9 Å². The molecule has 0 saturated carbocycles. The van der Waals surface area contributed by atoms with Crippen LogP contribution in [0.15, 0.2) is 72.8 Å². The molecule has 0 saturated heterocycles. The molecule has 24 heavy (non-hydrogen) atoms. The molecule has 0 unspecified atom stereocenters. The molecular formula is C18H14KNaO4. The number of carbonyl (C=O) groups excluding carboxylic acids is 2. The first-order valence-corrected chi connectivity index (χ1v) is 6.46. The molecule has 0 heterocycles. The second-order valence-corrected chi connectivity index (χ2v) is 4.13. The van der Waals surface area contributed by atoms with Crippen LogP contribution < -0.4 is 91.2 Å². The van der Waals surface area contributed by atoms with Gasteiger partial charge in [-0.2, -0.15) is 0 Å². The Labute approximate surface area is 206 Å². The van der Waals surface area contributed by atoms with Crippen LogP contribution in [0.4, 0.5) is 0 Å². The number of carboxylic acid groups (broad SMARTS) is 2. The summed E-state index contributed by atoms with van der Waals surface area (Å²) in [7, 11) is 0. The molecule has 0 fully saturated rings. The van der Waals surface area contributed by atoms with E-state index in [1.807, 2.05) is 60.7 Å². The Kier molecular flexibility index (Phi) is 17.1. The molecule has 0 aliphatic heterocycles. The van der Waals surface area contributed by atoms with Gasteiger partial charge in [0.25, 0.3) is 0 Å². The van der Waals surface area contributed by atoms with Crippen molar-refractivity contribution in [2.45, 2.75) is 0 Å². The van der Waals surface area contributed by atoms with Gasteiger partial charge in [-0.15, -0.1) is 0 Å². The van der Waals surface area contributed by atoms with E-state index in [-0.39, 0.29) is 80.9 Å². The van der Waals surface area contributed by atoms with Crippen molar-refractivity contribution in [3.63, 3.8) is 0 Å². The number of aliphatic carboxylic acids is 2. The van der Waals surface area contributed by atoms with Crippen LogP contribution >= 0.6 is 0 Å². The third-order valence-corrected chi connectivity index (χ3v) is 2.42. The summed E-state index contributed by atoms with van der Waals surface area (Å²) in [4.78, 5) is 19.9. The van der Waals surface area contributed by atoms with E-state index in [1.165, 1.54) is 12.2 Å². The molecule has 0 aromatic heterocycles. The molecule has 0 radical (unpaired) electrons. The maximum Gasteiger partial charge on any atom is 1.00 e. The van der Waals surface area contributed by atoms with E-state index in [0.717, 1.165) is 23.3 Å². The first kappa shape index (κ1) is 25.7. The second kappa shape index (κ2) is 16.0. The summed E-state index contributed by atoms with van der Waals surface area (Å²) >= 11 is 0. The second-order valence-electron chi connectivity index (χ2n) is 4.13. The van der Waals surface area contributed by atoms with E-state index in [9.17, 15) is 19.8 Å². The molecule has 112 valence electrons. The van der Waals surface area contributed by atoms with Crippen LogP contribution in [0.5, 0.6) is 0 Å². The first-order chi connectivity index (χ1) is 10.6. The molecule has 0 spiro atoms. The van der Waals surface area contributed by atoms with Crippen LogP contribution in [0.1, 0.15) is 11.1 Å². The molecule has 2 aromatic rings. The fourth-order valence-corrected chi connectivity index (χ4v) is 1.46. The Hall–Kier alpha value is -0.504. The van der Waals surface area contributed by atoms with Crippen molar-refractivity contribution in [1.82, 2.24) is 0 Å². The van der Waals surface area contributed by atoms with Gasteiger partial charge in [0.2, 0.25) is 0 Å². The minimum absolute atomic E-state index is 0. The molecule has 0 atom stereocenters. The van der Waals surface area contributed by atoms with Crippen LogP contribution in [0.2, 0.25) is 0 Å². The number of benzene rings is 2. The number of hydrogen-bond donors (Lipinski definition) is 0. The van der Waals surface area contributed by atoms with Crippen LogP contribution in [0, 0.1) is 0 Å². The molecule has 0 aliphatic rings. The van der Waals surface area contributed by atoms with Gasteiger partial charge in [-0.25, -0.2) is 0 Å². The number of hydrogen-bond acceptors (Lipinski definition) is 4. The molecule has 2 rings (SSSR count). The maximum absolute atomic E-state index is 9.97. The molecule has 0 amide bonds. The Bertz CT molecular complexity index is 596. The van der Waals surface area contributed by atoms with E-state index in [2.05, 4.69) is 0 Å². The number of carbonyl (C=O) groups is 2. The largest absolute Gasteiger partial charge is 1.00 e. The summed E-state index contributed by atoms with van der Waals surface area (Å²) in [5, 5.41) is 19.9. The van der Waals surface area contributed by atoms with Crippen molar-refractivity contribution in [2.24, 2.45) is 0 Å².